The van der Waals surface area contributed by atoms with Gasteiger partial charge in [0.1, 0.15) is 5.82 Å². The lowest BCUT2D eigenvalue weighted by Crippen LogP contribution is -3.00. The van der Waals surface area contributed by atoms with Crippen molar-refractivity contribution in [3.8, 4) is 0 Å². The van der Waals surface area contributed by atoms with Crippen LogP contribution in [0.2, 0.25) is 0 Å². The molecule has 0 amide bonds. The van der Waals surface area contributed by atoms with Gasteiger partial charge < -0.3 is 17.0 Å². The second-order valence-electron chi connectivity index (χ2n) is 3.80. The van der Waals surface area contributed by atoms with Gasteiger partial charge in [-0.15, -0.1) is 0 Å². The number of halogens is 2. The number of Topliss-reactive ketones (excluding diaryl/α,β-unsaturated/α-hetero) is 1. The molecule has 3 nitrogen and oxygen atoms in total. The number of hydrogen-bond donors (Lipinski definition) is 0. The Bertz CT molecular complexity index is 526. The maximum atomic E-state index is 12.7. The molecule has 5 heteroatoms. The average molecular weight is 311 g/mol. The van der Waals surface area contributed by atoms with Gasteiger partial charge in [0.15, 0.2) is 12.2 Å². The summed E-state index contributed by atoms with van der Waals surface area (Å²) in [7, 11) is 0. The number of rotatable bonds is 3. The van der Waals surface area contributed by atoms with E-state index in [1.807, 2.05) is 13.0 Å². The van der Waals surface area contributed by atoms with Crippen LogP contribution in [0.25, 0.3) is 0 Å². The predicted molar refractivity (Wildman–Crippen MR) is 59.9 cm³/mol. The maximum Gasteiger partial charge on any atom is 0.286 e. The number of carbonyl (C=O) groups is 1. The minimum absolute atomic E-state index is 0. The molecular weight excluding hydrogens is 299 g/mol. The van der Waals surface area contributed by atoms with Crippen molar-refractivity contribution in [3.63, 3.8) is 0 Å². The van der Waals surface area contributed by atoms with Gasteiger partial charge in [-0.2, -0.15) is 0 Å². The number of aromatic nitrogens is 2. The molecule has 1 aromatic carbocycles. The second kappa shape index (κ2) is 6.35. The zero-order valence-corrected chi connectivity index (χ0v) is 11.4. The van der Waals surface area contributed by atoms with E-state index >= 15 is 0 Å². The third-order valence-corrected chi connectivity index (χ3v) is 2.41. The van der Waals surface area contributed by atoms with Crippen molar-refractivity contribution in [2.45, 2.75) is 13.5 Å². The summed E-state index contributed by atoms with van der Waals surface area (Å²) < 4.78 is 14.4. The van der Waals surface area contributed by atoms with Crippen molar-refractivity contribution in [1.82, 2.24) is 4.98 Å². The van der Waals surface area contributed by atoms with Crippen molar-refractivity contribution in [1.29, 1.82) is 0 Å². The summed E-state index contributed by atoms with van der Waals surface area (Å²) in [5.74, 6) is -0.410. The van der Waals surface area contributed by atoms with E-state index in [0.717, 1.165) is 5.69 Å². The van der Waals surface area contributed by atoms with Crippen molar-refractivity contribution in [2.24, 2.45) is 0 Å². The highest BCUT2D eigenvalue weighted by atomic mass is 79.9. The van der Waals surface area contributed by atoms with Crippen molar-refractivity contribution >= 4 is 5.78 Å². The van der Waals surface area contributed by atoms with E-state index in [0.29, 0.717) is 5.56 Å². The lowest BCUT2D eigenvalue weighted by molar-refractivity contribution is -0.686. The number of carbonyl (C=O) groups excluding carboxylic acids is 1. The molecule has 0 fully saturated rings. The molecular formula is C13H12BrFN2O. The number of hydrogen-bond acceptors (Lipinski definition) is 2. The van der Waals surface area contributed by atoms with E-state index in [1.165, 1.54) is 24.3 Å². The van der Waals surface area contributed by atoms with Crippen LogP contribution in [-0.4, -0.2) is 10.8 Å². The van der Waals surface area contributed by atoms with Crippen molar-refractivity contribution < 1.29 is 30.7 Å². The van der Waals surface area contributed by atoms with Gasteiger partial charge in [-0.05, 0) is 24.3 Å². The first-order chi connectivity index (χ1) is 8.15. The van der Waals surface area contributed by atoms with Gasteiger partial charge in [-0.1, -0.05) is 4.98 Å². The second-order valence-corrected chi connectivity index (χ2v) is 3.80. The quantitative estimate of drug-likeness (QED) is 0.522. The van der Waals surface area contributed by atoms with Crippen LogP contribution in [0.5, 0.6) is 0 Å². The van der Waals surface area contributed by atoms with Crippen LogP contribution in [0.3, 0.4) is 0 Å². The molecule has 1 aromatic heterocycles. The topological polar surface area (TPSA) is 33.8 Å². The first-order valence-electron chi connectivity index (χ1n) is 5.25. The van der Waals surface area contributed by atoms with Crippen molar-refractivity contribution in [2.75, 3.05) is 0 Å². The zero-order chi connectivity index (χ0) is 12.3. The Hall–Kier alpha value is -1.62. The molecule has 0 unspecified atom stereocenters. The van der Waals surface area contributed by atoms with Crippen LogP contribution < -0.4 is 21.5 Å². The standard InChI is InChI=1S/C13H12FN2O.BrH/c1-10-6-7-16(9-15-10)8-13(17)11-2-4-12(14)5-3-11;/h2-7,9H,8H2,1H3;1H/q+1;/p-1. The van der Waals surface area contributed by atoms with Crippen molar-refractivity contribution in [3.05, 3.63) is 59.9 Å². The largest absolute Gasteiger partial charge is 1.00 e. The van der Waals surface area contributed by atoms with Crippen LogP contribution in [0, 0.1) is 12.7 Å². The van der Waals surface area contributed by atoms with Gasteiger partial charge in [-0.3, -0.25) is 4.79 Å². The lowest BCUT2D eigenvalue weighted by atomic mass is 10.1. The van der Waals surface area contributed by atoms with Crippen LogP contribution >= 0.6 is 0 Å². The summed E-state index contributed by atoms with van der Waals surface area (Å²) in [6, 6.07) is 7.37. The molecule has 0 saturated carbocycles. The fourth-order valence-corrected chi connectivity index (χ4v) is 1.44. The van der Waals surface area contributed by atoms with E-state index < -0.39 is 0 Å². The Labute approximate surface area is 115 Å². The van der Waals surface area contributed by atoms with E-state index in [4.69, 9.17) is 0 Å². The van der Waals surface area contributed by atoms with Crippen LogP contribution in [0.1, 0.15) is 16.1 Å². The Morgan fingerprint density at radius 2 is 1.94 bits per heavy atom. The zero-order valence-electron chi connectivity index (χ0n) is 9.81. The molecule has 0 radical (unpaired) electrons. The van der Waals surface area contributed by atoms with Gasteiger partial charge in [-0.25, -0.2) is 8.96 Å². The SMILES string of the molecule is Cc1cc[n+](CC(=O)c2ccc(F)cc2)cn1.[Br-]. The highest BCUT2D eigenvalue weighted by molar-refractivity contribution is 5.94. The average Bonchev–Trinajstić information content (AvgIpc) is 2.33. The maximum absolute atomic E-state index is 12.7. The van der Waals surface area contributed by atoms with Gasteiger partial charge in [0.25, 0.3) is 6.33 Å². The summed E-state index contributed by atoms with van der Waals surface area (Å²) in [5.41, 5.74) is 1.40. The first-order valence-corrected chi connectivity index (χ1v) is 5.25. The summed E-state index contributed by atoms with van der Waals surface area (Å²) in [4.78, 5) is 15.9. The summed E-state index contributed by atoms with van der Waals surface area (Å²) >= 11 is 0. The van der Waals surface area contributed by atoms with Gasteiger partial charge in [0, 0.05) is 18.6 Å². The lowest BCUT2D eigenvalue weighted by Gasteiger charge is -1.99. The van der Waals surface area contributed by atoms with E-state index in [1.54, 1.807) is 17.1 Å². The summed E-state index contributed by atoms with van der Waals surface area (Å²) in [6.07, 6.45) is 3.40. The molecule has 0 saturated heterocycles. The molecule has 0 bridgehead atoms. The molecule has 2 aromatic rings. The fraction of sp³-hybridized carbons (Fsp3) is 0.154. The number of aryl methyl sites for hydroxylation is 1. The first kappa shape index (κ1) is 14.4. The molecule has 0 aliphatic carbocycles. The van der Waals surface area contributed by atoms with E-state index in [9.17, 15) is 9.18 Å². The third-order valence-electron chi connectivity index (χ3n) is 2.41. The highest BCUT2D eigenvalue weighted by Crippen LogP contribution is 2.03. The van der Waals surface area contributed by atoms with Crippen LogP contribution in [0.15, 0.2) is 42.9 Å². The van der Waals surface area contributed by atoms with E-state index in [2.05, 4.69) is 4.98 Å². The van der Waals surface area contributed by atoms with Gasteiger partial charge >= 0.3 is 0 Å². The number of nitrogens with zero attached hydrogens (tertiary/aromatic N) is 2. The Balaban J connectivity index is 0.00000162. The molecule has 0 atom stereocenters. The molecule has 2 rings (SSSR count). The predicted octanol–water partition coefficient (Wildman–Crippen LogP) is -1.30. The smallest absolute Gasteiger partial charge is 0.286 e. The molecule has 94 valence electrons. The number of benzene rings is 1. The Morgan fingerprint density at radius 1 is 1.28 bits per heavy atom. The minimum Gasteiger partial charge on any atom is -1.00 e. The molecule has 1 heterocycles. The highest BCUT2D eigenvalue weighted by Gasteiger charge is 2.09. The molecule has 0 N–H and O–H groups in total. The molecule has 0 aliphatic heterocycles. The normalized spacial score (nSPS) is 9.67. The molecule has 0 aliphatic rings. The van der Waals surface area contributed by atoms with Crippen LogP contribution in [-0.2, 0) is 6.54 Å². The Kier molecular flexibility index (Phi) is 5.09. The Morgan fingerprint density at radius 3 is 2.50 bits per heavy atom. The monoisotopic (exact) mass is 310 g/mol. The fourth-order valence-electron chi connectivity index (χ4n) is 1.44. The summed E-state index contributed by atoms with van der Waals surface area (Å²) in [6.45, 7) is 2.09. The van der Waals surface area contributed by atoms with E-state index in [-0.39, 0.29) is 35.1 Å². The van der Waals surface area contributed by atoms with Gasteiger partial charge in [0.2, 0.25) is 5.78 Å². The number of ketones is 1. The third kappa shape index (κ3) is 3.70. The van der Waals surface area contributed by atoms with Gasteiger partial charge in [0.05, 0.1) is 6.20 Å². The van der Waals surface area contributed by atoms with Crippen LogP contribution in [0.4, 0.5) is 4.39 Å². The molecule has 0 spiro atoms. The summed E-state index contributed by atoms with van der Waals surface area (Å²) in [5, 5.41) is 0. The minimum atomic E-state index is -0.341. The molecule has 18 heavy (non-hydrogen) atoms.